The number of aliphatic carboxylic acids is 2. The molecule has 0 radical (unpaired) electrons. The van der Waals surface area contributed by atoms with E-state index < -0.39 is 11.9 Å². The van der Waals surface area contributed by atoms with Crippen molar-refractivity contribution in [3.8, 4) is 0 Å². The van der Waals surface area contributed by atoms with Gasteiger partial charge in [0.05, 0.1) is 11.1 Å². The van der Waals surface area contributed by atoms with Crippen molar-refractivity contribution in [2.75, 3.05) is 0 Å². The summed E-state index contributed by atoms with van der Waals surface area (Å²) in [7, 11) is 0. The Hall–Kier alpha value is 0.680. The van der Waals surface area contributed by atoms with E-state index in [1.54, 1.807) is 13.8 Å². The van der Waals surface area contributed by atoms with Crippen molar-refractivity contribution in [3.05, 3.63) is 11.1 Å². The van der Waals surface area contributed by atoms with Crippen molar-refractivity contribution in [2.24, 2.45) is 11.8 Å². The van der Waals surface area contributed by atoms with Crippen LogP contribution < -0.4 is 0 Å². The van der Waals surface area contributed by atoms with Crippen molar-refractivity contribution in [1.82, 2.24) is 0 Å². The van der Waals surface area contributed by atoms with E-state index in [2.05, 4.69) is 0 Å². The van der Waals surface area contributed by atoms with Crippen LogP contribution in [-0.4, -0.2) is 81.3 Å². The molecule has 0 aromatic carbocycles. The third-order valence-corrected chi connectivity index (χ3v) is 3.34. The topological polar surface area (TPSA) is 74.6 Å². The van der Waals surface area contributed by atoms with Crippen molar-refractivity contribution < 1.29 is 19.8 Å². The second-order valence-corrected chi connectivity index (χ2v) is 4.93. The fraction of sp³-hybridized carbons (Fsp3) is 0.692. The minimum absolute atomic E-state index is 0. The summed E-state index contributed by atoms with van der Waals surface area (Å²) in [6, 6.07) is 0. The maximum atomic E-state index is 11.3. The molecule has 19 heavy (non-hydrogen) atoms. The van der Waals surface area contributed by atoms with E-state index >= 15 is 0 Å². The number of carboxylic acids is 2. The predicted molar refractivity (Wildman–Crippen MR) is 78.0 cm³/mol. The standard InChI is InChI=1S/C13H20O4.2Na.2H/c1-8(2)10(12(14)15)11(13(16)17)9-6-4-3-5-7-9;;;;/h8-9H,3-7H2,1-2H3,(H,14,15)(H,16,17);;;;/b11-10-;;;;. The van der Waals surface area contributed by atoms with E-state index in [1.165, 1.54) is 0 Å². The van der Waals surface area contributed by atoms with E-state index in [4.69, 9.17) is 0 Å². The SMILES string of the molecule is CC(C)/C(C(=O)O)=C(/C(=O)O)C1CCCCC1.[NaH].[NaH]. The summed E-state index contributed by atoms with van der Waals surface area (Å²) in [6.45, 7) is 3.46. The first-order chi connectivity index (χ1) is 7.95. The first-order valence-electron chi connectivity index (χ1n) is 6.15. The summed E-state index contributed by atoms with van der Waals surface area (Å²) in [6.07, 6.45) is 4.70. The zero-order valence-corrected chi connectivity index (χ0v) is 10.4. The molecular formula is C13H22Na2O4. The normalized spacial score (nSPS) is 17.0. The molecule has 4 nitrogen and oxygen atoms in total. The predicted octanol–water partition coefficient (Wildman–Crippen LogP) is 1.39. The van der Waals surface area contributed by atoms with Crippen molar-refractivity contribution >= 4 is 71.1 Å². The second-order valence-electron chi connectivity index (χ2n) is 4.93. The van der Waals surface area contributed by atoms with Crippen LogP contribution >= 0.6 is 0 Å². The first kappa shape index (κ1) is 22.0. The van der Waals surface area contributed by atoms with E-state index in [9.17, 15) is 19.8 Å². The molecule has 0 unspecified atom stereocenters. The molecule has 1 aliphatic rings. The molecule has 6 heteroatoms. The molecule has 1 saturated carbocycles. The van der Waals surface area contributed by atoms with Crippen molar-refractivity contribution in [2.45, 2.75) is 46.0 Å². The van der Waals surface area contributed by atoms with Gasteiger partial charge in [-0.15, -0.1) is 0 Å². The Kier molecular flexibility index (Phi) is 12.0. The van der Waals surface area contributed by atoms with Crippen LogP contribution in [0.5, 0.6) is 0 Å². The molecule has 0 saturated heterocycles. The summed E-state index contributed by atoms with van der Waals surface area (Å²) in [5.74, 6) is -2.51. The van der Waals surface area contributed by atoms with E-state index in [0.717, 1.165) is 32.1 Å². The Morgan fingerprint density at radius 2 is 1.42 bits per heavy atom. The van der Waals surface area contributed by atoms with Gasteiger partial charge in [0.2, 0.25) is 0 Å². The molecule has 0 aromatic rings. The third-order valence-electron chi connectivity index (χ3n) is 3.34. The van der Waals surface area contributed by atoms with Gasteiger partial charge in [-0.2, -0.15) is 0 Å². The second kappa shape index (κ2) is 10.4. The van der Waals surface area contributed by atoms with Gasteiger partial charge in [-0.05, 0) is 24.7 Å². The van der Waals surface area contributed by atoms with Crippen molar-refractivity contribution in [1.29, 1.82) is 0 Å². The van der Waals surface area contributed by atoms with Gasteiger partial charge in [0.15, 0.2) is 0 Å². The summed E-state index contributed by atoms with van der Waals surface area (Å²) < 4.78 is 0. The van der Waals surface area contributed by atoms with Gasteiger partial charge in [-0.3, -0.25) is 0 Å². The van der Waals surface area contributed by atoms with E-state index in [1.807, 2.05) is 0 Å². The first-order valence-corrected chi connectivity index (χ1v) is 6.15. The molecule has 0 aromatic heterocycles. The van der Waals surface area contributed by atoms with E-state index in [-0.39, 0.29) is 82.1 Å². The molecule has 100 valence electrons. The number of rotatable bonds is 4. The molecule has 1 aliphatic carbocycles. The average Bonchev–Trinajstić information content (AvgIpc) is 2.25. The molecule has 1 rings (SSSR count). The van der Waals surface area contributed by atoms with Crippen LogP contribution in [0.3, 0.4) is 0 Å². The Labute approximate surface area is 158 Å². The Morgan fingerprint density at radius 1 is 0.947 bits per heavy atom. The molecule has 2 N–H and O–H groups in total. The van der Waals surface area contributed by atoms with Crippen LogP contribution in [0.25, 0.3) is 0 Å². The molecule has 0 aliphatic heterocycles. The molecule has 0 atom stereocenters. The Balaban J connectivity index is 0. The van der Waals surface area contributed by atoms with E-state index in [0.29, 0.717) is 0 Å². The number of carbonyl (C=O) groups is 2. The summed E-state index contributed by atoms with van der Waals surface area (Å²) in [5, 5.41) is 18.4. The summed E-state index contributed by atoms with van der Waals surface area (Å²) in [5.41, 5.74) is 0.205. The van der Waals surface area contributed by atoms with Crippen LogP contribution in [0.1, 0.15) is 46.0 Å². The van der Waals surface area contributed by atoms with Gasteiger partial charge in [-0.1, -0.05) is 33.1 Å². The van der Waals surface area contributed by atoms with Gasteiger partial charge < -0.3 is 10.2 Å². The van der Waals surface area contributed by atoms with Crippen molar-refractivity contribution in [3.63, 3.8) is 0 Å². The van der Waals surface area contributed by atoms with Gasteiger partial charge >= 0.3 is 71.1 Å². The molecule has 0 bridgehead atoms. The maximum absolute atomic E-state index is 11.3. The molecule has 0 heterocycles. The van der Waals surface area contributed by atoms with Gasteiger partial charge in [0.25, 0.3) is 0 Å². The number of carboxylic acid groups (broad SMARTS) is 2. The number of hydrogen-bond acceptors (Lipinski definition) is 2. The third kappa shape index (κ3) is 6.32. The minimum atomic E-state index is -1.09. The summed E-state index contributed by atoms with van der Waals surface area (Å²) >= 11 is 0. The monoisotopic (exact) mass is 288 g/mol. The Morgan fingerprint density at radius 3 is 1.74 bits per heavy atom. The van der Waals surface area contributed by atoms with Gasteiger partial charge in [0, 0.05) is 0 Å². The van der Waals surface area contributed by atoms with Gasteiger partial charge in [0.1, 0.15) is 0 Å². The zero-order valence-electron chi connectivity index (χ0n) is 10.4. The molecule has 0 spiro atoms. The quantitative estimate of drug-likeness (QED) is 0.605. The zero-order chi connectivity index (χ0) is 13.0. The van der Waals surface area contributed by atoms with Crippen LogP contribution in [0.15, 0.2) is 11.1 Å². The Bertz CT molecular complexity index is 345. The average molecular weight is 288 g/mol. The fourth-order valence-electron chi connectivity index (χ4n) is 2.57. The summed E-state index contributed by atoms with van der Waals surface area (Å²) in [4.78, 5) is 22.5. The van der Waals surface area contributed by atoms with Crippen LogP contribution in [0.4, 0.5) is 0 Å². The number of hydrogen-bond donors (Lipinski definition) is 2. The van der Waals surface area contributed by atoms with Gasteiger partial charge in [-0.25, -0.2) is 9.59 Å². The molecule has 1 fully saturated rings. The fourth-order valence-corrected chi connectivity index (χ4v) is 2.57. The molecule has 0 amide bonds. The van der Waals surface area contributed by atoms with Crippen LogP contribution in [0.2, 0.25) is 0 Å². The van der Waals surface area contributed by atoms with Crippen LogP contribution in [0, 0.1) is 11.8 Å². The van der Waals surface area contributed by atoms with Crippen LogP contribution in [-0.2, 0) is 9.59 Å². The molecular weight excluding hydrogens is 266 g/mol.